The predicted molar refractivity (Wildman–Crippen MR) is 94.1 cm³/mol. The number of carbonyl (C=O) groups excluding carboxylic acids is 1. The Morgan fingerprint density at radius 2 is 2.21 bits per heavy atom. The molecule has 0 radical (unpaired) electrons. The van der Waals surface area contributed by atoms with E-state index in [1.165, 1.54) is 29.5 Å². The van der Waals surface area contributed by atoms with Gasteiger partial charge in [-0.05, 0) is 55.9 Å². The zero-order valence-corrected chi connectivity index (χ0v) is 13.7. The highest BCUT2D eigenvalue weighted by Crippen LogP contribution is 2.29. The quantitative estimate of drug-likeness (QED) is 0.709. The second-order valence-corrected chi connectivity index (χ2v) is 6.46. The van der Waals surface area contributed by atoms with Gasteiger partial charge in [0.05, 0.1) is 6.33 Å². The molecule has 1 aliphatic carbocycles. The Bertz CT molecular complexity index is 848. The lowest BCUT2D eigenvalue weighted by molar-refractivity contribution is 0.0953. The van der Waals surface area contributed by atoms with Gasteiger partial charge in [0, 0.05) is 47.6 Å². The van der Waals surface area contributed by atoms with Crippen LogP contribution in [0, 0.1) is 0 Å². The Morgan fingerprint density at radius 1 is 1.29 bits per heavy atom. The number of amides is 1. The molecule has 5 heteroatoms. The molecule has 0 saturated carbocycles. The van der Waals surface area contributed by atoms with Gasteiger partial charge in [-0.15, -0.1) is 0 Å². The molecule has 0 bridgehead atoms. The molecule has 0 spiro atoms. The summed E-state index contributed by atoms with van der Waals surface area (Å²) < 4.78 is 2.02. The molecule has 1 aliphatic rings. The number of rotatable bonds is 5. The molecule has 0 unspecified atom stereocenters. The van der Waals surface area contributed by atoms with Crippen molar-refractivity contribution >= 4 is 16.8 Å². The molecule has 0 aliphatic heterocycles. The number of hydrogen-bond acceptors (Lipinski definition) is 2. The molecule has 1 amide bonds. The third-order valence-electron chi connectivity index (χ3n) is 4.80. The van der Waals surface area contributed by atoms with E-state index >= 15 is 0 Å². The van der Waals surface area contributed by atoms with E-state index in [1.807, 2.05) is 29.0 Å². The Kier molecular flexibility index (Phi) is 4.07. The molecule has 2 N–H and O–H groups in total. The largest absolute Gasteiger partial charge is 0.358 e. The number of H-pyrrole nitrogens is 1. The minimum Gasteiger partial charge on any atom is -0.358 e. The first-order chi connectivity index (χ1) is 11.8. The second-order valence-electron chi connectivity index (χ2n) is 6.46. The number of nitrogens with one attached hydrogen (secondary N) is 2. The molecule has 4 rings (SSSR count). The molecular weight excluding hydrogens is 300 g/mol. The molecule has 3 aromatic rings. The Balaban J connectivity index is 1.42. The molecule has 0 fully saturated rings. The smallest absolute Gasteiger partial charge is 0.251 e. The van der Waals surface area contributed by atoms with Crippen LogP contribution in [0.4, 0.5) is 0 Å². The molecule has 24 heavy (non-hydrogen) atoms. The van der Waals surface area contributed by atoms with Gasteiger partial charge in [-0.2, -0.15) is 0 Å². The number of aromatic nitrogens is 3. The molecule has 0 saturated heterocycles. The maximum atomic E-state index is 12.4. The van der Waals surface area contributed by atoms with E-state index in [0.29, 0.717) is 6.54 Å². The van der Waals surface area contributed by atoms with Crippen LogP contribution in [0.1, 0.15) is 40.9 Å². The SMILES string of the molecule is O=C(NCCCn1ccnc1)c1ccc2[nH]c3c(c2c1)CCCC3. The van der Waals surface area contributed by atoms with Gasteiger partial charge < -0.3 is 14.9 Å². The first kappa shape index (κ1) is 15.0. The van der Waals surface area contributed by atoms with E-state index in [4.69, 9.17) is 0 Å². The number of nitrogens with zero attached hydrogens (tertiary/aromatic N) is 2. The van der Waals surface area contributed by atoms with E-state index in [2.05, 4.69) is 15.3 Å². The molecule has 2 heterocycles. The third-order valence-corrected chi connectivity index (χ3v) is 4.80. The topological polar surface area (TPSA) is 62.7 Å². The van der Waals surface area contributed by atoms with Crippen molar-refractivity contribution in [3.8, 4) is 0 Å². The summed E-state index contributed by atoms with van der Waals surface area (Å²) in [5.41, 5.74) is 4.66. The summed E-state index contributed by atoms with van der Waals surface area (Å²) in [6.45, 7) is 1.53. The van der Waals surface area contributed by atoms with Crippen LogP contribution in [-0.2, 0) is 19.4 Å². The van der Waals surface area contributed by atoms with Gasteiger partial charge in [0.2, 0.25) is 0 Å². The lowest BCUT2D eigenvalue weighted by atomic mass is 9.95. The monoisotopic (exact) mass is 322 g/mol. The van der Waals surface area contributed by atoms with Crippen LogP contribution < -0.4 is 5.32 Å². The van der Waals surface area contributed by atoms with Gasteiger partial charge >= 0.3 is 0 Å². The first-order valence-electron chi connectivity index (χ1n) is 8.69. The zero-order valence-electron chi connectivity index (χ0n) is 13.7. The summed E-state index contributed by atoms with van der Waals surface area (Å²) in [5.74, 6) is 0.00768. The Hall–Kier alpha value is -2.56. The van der Waals surface area contributed by atoms with E-state index in [1.54, 1.807) is 12.5 Å². The number of aromatic amines is 1. The van der Waals surface area contributed by atoms with Crippen LogP contribution in [-0.4, -0.2) is 27.0 Å². The van der Waals surface area contributed by atoms with Crippen LogP contribution in [0.15, 0.2) is 36.9 Å². The Morgan fingerprint density at radius 3 is 3.08 bits per heavy atom. The summed E-state index contributed by atoms with van der Waals surface area (Å²) in [6, 6.07) is 5.99. The molecule has 1 aromatic carbocycles. The summed E-state index contributed by atoms with van der Waals surface area (Å²) in [6.07, 6.45) is 11.1. The fraction of sp³-hybridized carbons (Fsp3) is 0.368. The van der Waals surface area contributed by atoms with Gasteiger partial charge in [0.15, 0.2) is 0 Å². The van der Waals surface area contributed by atoms with Crippen LogP contribution in [0.5, 0.6) is 0 Å². The highest BCUT2D eigenvalue weighted by atomic mass is 16.1. The maximum Gasteiger partial charge on any atom is 0.251 e. The Labute approximate surface area is 141 Å². The number of benzene rings is 1. The summed E-state index contributed by atoms with van der Waals surface area (Å²) in [5, 5.41) is 4.23. The lowest BCUT2D eigenvalue weighted by Crippen LogP contribution is -2.25. The average Bonchev–Trinajstić information content (AvgIpc) is 3.25. The maximum absolute atomic E-state index is 12.4. The fourth-order valence-corrected chi connectivity index (χ4v) is 3.53. The van der Waals surface area contributed by atoms with E-state index < -0.39 is 0 Å². The van der Waals surface area contributed by atoms with Crippen molar-refractivity contribution in [2.24, 2.45) is 0 Å². The summed E-state index contributed by atoms with van der Waals surface area (Å²) in [7, 11) is 0. The van der Waals surface area contributed by atoms with Crippen LogP contribution in [0.3, 0.4) is 0 Å². The van der Waals surface area contributed by atoms with Crippen molar-refractivity contribution in [1.29, 1.82) is 0 Å². The van der Waals surface area contributed by atoms with Crippen LogP contribution in [0.2, 0.25) is 0 Å². The van der Waals surface area contributed by atoms with Crippen molar-refractivity contribution in [2.75, 3.05) is 6.54 Å². The normalized spacial score (nSPS) is 13.8. The van der Waals surface area contributed by atoms with Gasteiger partial charge in [-0.1, -0.05) is 0 Å². The number of fused-ring (bicyclic) bond motifs is 3. The highest BCUT2D eigenvalue weighted by Gasteiger charge is 2.16. The minimum absolute atomic E-state index is 0.00768. The van der Waals surface area contributed by atoms with Crippen LogP contribution in [0.25, 0.3) is 10.9 Å². The van der Waals surface area contributed by atoms with Gasteiger partial charge in [0.1, 0.15) is 0 Å². The predicted octanol–water partition coefficient (Wildman–Crippen LogP) is 3.06. The van der Waals surface area contributed by atoms with Crippen LogP contribution >= 0.6 is 0 Å². The fourth-order valence-electron chi connectivity index (χ4n) is 3.53. The number of carbonyl (C=O) groups is 1. The third kappa shape index (κ3) is 2.94. The van der Waals surface area contributed by atoms with Gasteiger partial charge in [-0.25, -0.2) is 4.98 Å². The highest BCUT2D eigenvalue weighted by molar-refractivity contribution is 5.99. The van der Waals surface area contributed by atoms with Gasteiger partial charge in [-0.3, -0.25) is 4.79 Å². The van der Waals surface area contributed by atoms with Crippen molar-refractivity contribution in [2.45, 2.75) is 38.6 Å². The minimum atomic E-state index is 0.00768. The molecular formula is C19H22N4O. The first-order valence-corrected chi connectivity index (χ1v) is 8.69. The summed E-state index contributed by atoms with van der Waals surface area (Å²) >= 11 is 0. The van der Waals surface area contributed by atoms with Crippen molar-refractivity contribution in [1.82, 2.24) is 19.9 Å². The molecule has 0 atom stereocenters. The zero-order chi connectivity index (χ0) is 16.4. The molecule has 2 aromatic heterocycles. The van der Waals surface area contributed by atoms with Crippen molar-refractivity contribution < 1.29 is 4.79 Å². The summed E-state index contributed by atoms with van der Waals surface area (Å²) in [4.78, 5) is 19.9. The number of imidazole rings is 1. The van der Waals surface area contributed by atoms with E-state index in [0.717, 1.165) is 36.9 Å². The number of hydrogen-bond donors (Lipinski definition) is 2. The van der Waals surface area contributed by atoms with Gasteiger partial charge in [0.25, 0.3) is 5.91 Å². The average molecular weight is 322 g/mol. The second kappa shape index (κ2) is 6.51. The van der Waals surface area contributed by atoms with E-state index in [9.17, 15) is 4.79 Å². The van der Waals surface area contributed by atoms with E-state index in [-0.39, 0.29) is 5.91 Å². The lowest BCUT2D eigenvalue weighted by Gasteiger charge is -2.10. The van der Waals surface area contributed by atoms with Crippen molar-refractivity contribution in [3.05, 3.63) is 53.7 Å². The van der Waals surface area contributed by atoms with Crippen molar-refractivity contribution in [3.63, 3.8) is 0 Å². The molecule has 5 nitrogen and oxygen atoms in total. The molecule has 124 valence electrons. The standard InChI is InChI=1S/C19H22N4O/c24-19(21-8-3-10-23-11-9-20-13-23)14-6-7-18-16(12-14)15-4-1-2-5-17(15)22-18/h6-7,9,11-13,22H,1-5,8,10H2,(H,21,24). The number of aryl methyl sites for hydroxylation is 3.